The highest BCUT2D eigenvalue weighted by Gasteiger charge is 2.57. The molecule has 1 heterocycles. The number of ether oxygens (including phenoxy) is 1. The van der Waals surface area contributed by atoms with Crippen LogP contribution in [0.3, 0.4) is 0 Å². The molecule has 37 heavy (non-hydrogen) atoms. The Labute approximate surface area is 221 Å². The molecule has 3 unspecified atom stereocenters. The summed E-state index contributed by atoms with van der Waals surface area (Å²) in [5.41, 5.74) is 0.0420. The second-order valence-electron chi connectivity index (χ2n) is 10.9. The van der Waals surface area contributed by atoms with Gasteiger partial charge in [0.15, 0.2) is 0 Å². The van der Waals surface area contributed by atoms with Gasteiger partial charge in [-0.1, -0.05) is 63.9 Å². The molecular formula is C30H43N3O4. The van der Waals surface area contributed by atoms with Gasteiger partial charge in [0, 0.05) is 43.1 Å². The van der Waals surface area contributed by atoms with Crippen LogP contribution in [0.4, 0.5) is 5.69 Å². The topological polar surface area (TPSA) is 75.9 Å². The summed E-state index contributed by atoms with van der Waals surface area (Å²) < 4.78 is 6.63. The zero-order valence-electron chi connectivity index (χ0n) is 23.1. The van der Waals surface area contributed by atoms with Gasteiger partial charge in [-0.25, -0.2) is 4.79 Å². The second-order valence-corrected chi connectivity index (χ2v) is 10.9. The maximum absolute atomic E-state index is 13.7. The van der Waals surface area contributed by atoms with Crippen LogP contribution >= 0.6 is 0 Å². The van der Waals surface area contributed by atoms with Gasteiger partial charge in [0.1, 0.15) is 5.60 Å². The largest absolute Gasteiger partial charge is 0.450 e. The zero-order valence-corrected chi connectivity index (χ0v) is 23.1. The number of non-ortho nitro benzene ring substituents is 1. The van der Waals surface area contributed by atoms with E-state index in [9.17, 15) is 14.9 Å². The Hall–Kier alpha value is -2.77. The predicted molar refractivity (Wildman–Crippen MR) is 148 cm³/mol. The van der Waals surface area contributed by atoms with Crippen molar-refractivity contribution < 1.29 is 14.5 Å². The minimum absolute atomic E-state index is 0.0467. The SMILES string of the molecule is CCCCN(CCCC)CC1(C)CN(C)C(C)CC1(OC(=O)c1ccc([N+](=O)[O-])cc1)c1ccccc1. The molecule has 1 aliphatic rings. The van der Waals surface area contributed by atoms with Gasteiger partial charge in [-0.2, -0.15) is 0 Å². The van der Waals surface area contributed by atoms with E-state index in [1.165, 1.54) is 24.3 Å². The minimum Gasteiger partial charge on any atom is -0.450 e. The van der Waals surface area contributed by atoms with E-state index in [0.717, 1.165) is 57.4 Å². The van der Waals surface area contributed by atoms with Gasteiger partial charge in [0.05, 0.1) is 10.5 Å². The first kappa shape index (κ1) is 28.8. The average Bonchev–Trinajstić information content (AvgIpc) is 2.89. The molecule has 1 fully saturated rings. The number of likely N-dealkylation sites (tertiary alicyclic amines) is 1. The van der Waals surface area contributed by atoms with Crippen LogP contribution < -0.4 is 0 Å². The zero-order chi connectivity index (χ0) is 27.1. The van der Waals surface area contributed by atoms with Crippen molar-refractivity contribution in [1.29, 1.82) is 0 Å². The number of piperidine rings is 1. The quantitative estimate of drug-likeness (QED) is 0.190. The monoisotopic (exact) mass is 509 g/mol. The summed E-state index contributed by atoms with van der Waals surface area (Å²) in [6.07, 6.45) is 5.20. The van der Waals surface area contributed by atoms with E-state index in [2.05, 4.69) is 56.7 Å². The number of nitrogens with zero attached hydrogens (tertiary/aromatic N) is 3. The van der Waals surface area contributed by atoms with Crippen LogP contribution in [-0.2, 0) is 10.3 Å². The number of benzene rings is 2. The fraction of sp³-hybridized carbons (Fsp3) is 0.567. The van der Waals surface area contributed by atoms with E-state index in [1.807, 2.05) is 18.2 Å². The van der Waals surface area contributed by atoms with E-state index in [4.69, 9.17) is 4.74 Å². The fourth-order valence-electron chi connectivity index (χ4n) is 5.69. The lowest BCUT2D eigenvalue weighted by molar-refractivity contribution is -0.384. The highest BCUT2D eigenvalue weighted by molar-refractivity contribution is 5.90. The molecule has 2 aromatic carbocycles. The van der Waals surface area contributed by atoms with E-state index in [1.54, 1.807) is 0 Å². The lowest BCUT2D eigenvalue weighted by Crippen LogP contribution is -2.63. The molecule has 0 aliphatic carbocycles. The number of carbonyl (C=O) groups is 1. The Bertz CT molecular complexity index is 1020. The van der Waals surface area contributed by atoms with Crippen molar-refractivity contribution in [2.75, 3.05) is 33.2 Å². The van der Waals surface area contributed by atoms with E-state index in [-0.39, 0.29) is 17.1 Å². The molecular weight excluding hydrogens is 466 g/mol. The van der Waals surface area contributed by atoms with Crippen LogP contribution in [0.1, 0.15) is 75.7 Å². The second kappa shape index (κ2) is 12.7. The first-order valence-electron chi connectivity index (χ1n) is 13.6. The molecule has 3 rings (SSSR count). The van der Waals surface area contributed by atoms with Crippen molar-refractivity contribution in [2.24, 2.45) is 5.41 Å². The van der Waals surface area contributed by atoms with E-state index >= 15 is 0 Å². The third-order valence-electron chi connectivity index (χ3n) is 7.96. The molecule has 0 bridgehead atoms. The fourth-order valence-corrected chi connectivity index (χ4v) is 5.69. The Balaban J connectivity index is 2.06. The van der Waals surface area contributed by atoms with Crippen molar-refractivity contribution in [3.8, 4) is 0 Å². The summed E-state index contributed by atoms with van der Waals surface area (Å²) in [6, 6.07) is 16.0. The van der Waals surface area contributed by atoms with Gasteiger partial charge in [-0.15, -0.1) is 0 Å². The summed E-state index contributed by atoms with van der Waals surface area (Å²) in [4.78, 5) is 29.2. The standard InChI is InChI=1S/C30H43N3O4/c1-6-8-19-32(20-9-7-2)23-29(4)22-31(5)24(3)21-30(29,26-13-11-10-12-14-26)37-28(34)25-15-17-27(18-16-25)33(35)36/h10-18,24H,6-9,19-23H2,1-5H3. The number of nitro groups is 1. The number of nitro benzene ring substituents is 1. The maximum Gasteiger partial charge on any atom is 0.339 e. The molecule has 0 N–H and O–H groups in total. The lowest BCUT2D eigenvalue weighted by atomic mass is 9.63. The number of rotatable bonds is 12. The van der Waals surface area contributed by atoms with Crippen LogP contribution in [0.25, 0.3) is 0 Å². The molecule has 7 heteroatoms. The van der Waals surface area contributed by atoms with Crippen molar-refractivity contribution in [1.82, 2.24) is 9.80 Å². The molecule has 1 saturated heterocycles. The third kappa shape index (κ3) is 6.57. The third-order valence-corrected chi connectivity index (χ3v) is 7.96. The van der Waals surface area contributed by atoms with Gasteiger partial charge in [0.25, 0.3) is 5.69 Å². The van der Waals surface area contributed by atoms with E-state index in [0.29, 0.717) is 12.0 Å². The number of esters is 1. The van der Waals surface area contributed by atoms with Crippen molar-refractivity contribution in [3.63, 3.8) is 0 Å². The van der Waals surface area contributed by atoms with Crippen LogP contribution in [0.2, 0.25) is 0 Å². The summed E-state index contributed by atoms with van der Waals surface area (Å²) in [7, 11) is 2.15. The molecule has 3 atom stereocenters. The Morgan fingerprint density at radius 1 is 1.08 bits per heavy atom. The van der Waals surface area contributed by atoms with Crippen LogP contribution in [-0.4, -0.2) is 60.0 Å². The van der Waals surface area contributed by atoms with Crippen LogP contribution in [0.5, 0.6) is 0 Å². The molecule has 2 aromatic rings. The minimum atomic E-state index is -0.851. The first-order chi connectivity index (χ1) is 17.7. The highest BCUT2D eigenvalue weighted by atomic mass is 16.6. The Morgan fingerprint density at radius 3 is 2.22 bits per heavy atom. The first-order valence-corrected chi connectivity index (χ1v) is 13.6. The van der Waals surface area contributed by atoms with Crippen molar-refractivity contribution in [3.05, 3.63) is 75.8 Å². The van der Waals surface area contributed by atoms with Gasteiger partial charge < -0.3 is 14.5 Å². The Kier molecular flexibility index (Phi) is 9.85. The lowest BCUT2D eigenvalue weighted by Gasteiger charge is -2.57. The molecule has 0 amide bonds. The van der Waals surface area contributed by atoms with Gasteiger partial charge >= 0.3 is 5.97 Å². The summed E-state index contributed by atoms with van der Waals surface area (Å²) >= 11 is 0. The average molecular weight is 510 g/mol. The van der Waals surface area contributed by atoms with Crippen molar-refractivity contribution in [2.45, 2.75) is 71.4 Å². The van der Waals surface area contributed by atoms with Gasteiger partial charge in [0.2, 0.25) is 0 Å². The smallest absolute Gasteiger partial charge is 0.339 e. The summed E-state index contributed by atoms with van der Waals surface area (Å²) in [6.45, 7) is 12.5. The number of hydrogen-bond donors (Lipinski definition) is 0. The van der Waals surface area contributed by atoms with Gasteiger partial charge in [-0.05, 0) is 57.6 Å². The molecule has 7 nitrogen and oxygen atoms in total. The number of unbranched alkanes of at least 4 members (excludes halogenated alkanes) is 2. The molecule has 0 radical (unpaired) electrons. The number of carbonyl (C=O) groups excluding carboxylic acids is 1. The highest BCUT2D eigenvalue weighted by Crippen LogP contribution is 2.51. The van der Waals surface area contributed by atoms with Crippen LogP contribution in [0, 0.1) is 15.5 Å². The summed E-state index contributed by atoms with van der Waals surface area (Å²) in [5, 5.41) is 11.1. The van der Waals surface area contributed by atoms with E-state index < -0.39 is 16.5 Å². The molecule has 0 saturated carbocycles. The Morgan fingerprint density at radius 2 is 1.68 bits per heavy atom. The van der Waals surface area contributed by atoms with Crippen molar-refractivity contribution >= 4 is 11.7 Å². The molecule has 202 valence electrons. The van der Waals surface area contributed by atoms with Gasteiger partial charge in [-0.3, -0.25) is 10.1 Å². The maximum atomic E-state index is 13.7. The molecule has 0 spiro atoms. The molecule has 0 aromatic heterocycles. The number of hydrogen-bond acceptors (Lipinski definition) is 6. The summed E-state index contributed by atoms with van der Waals surface area (Å²) in [5.74, 6) is -0.449. The predicted octanol–water partition coefficient (Wildman–Crippen LogP) is 6.28. The molecule has 1 aliphatic heterocycles. The normalized spacial score (nSPS) is 24.2. The van der Waals surface area contributed by atoms with Crippen LogP contribution in [0.15, 0.2) is 54.6 Å².